The van der Waals surface area contributed by atoms with Crippen LogP contribution in [0.15, 0.2) is 0 Å². The molecule has 2 fully saturated rings. The minimum absolute atomic E-state index is 0.186. The van der Waals surface area contributed by atoms with Crippen molar-refractivity contribution in [3.8, 4) is 0 Å². The van der Waals surface area contributed by atoms with E-state index in [-0.39, 0.29) is 6.03 Å². The lowest BCUT2D eigenvalue weighted by molar-refractivity contribution is 0.156. The van der Waals surface area contributed by atoms with E-state index >= 15 is 0 Å². The van der Waals surface area contributed by atoms with Crippen molar-refractivity contribution in [2.45, 2.75) is 76.8 Å². The van der Waals surface area contributed by atoms with Gasteiger partial charge in [0.2, 0.25) is 0 Å². The van der Waals surface area contributed by atoms with Crippen LogP contribution in [0.25, 0.3) is 0 Å². The van der Waals surface area contributed by atoms with Gasteiger partial charge in [-0.2, -0.15) is 0 Å². The number of hydrogen-bond acceptors (Lipinski definition) is 1. The molecule has 3 heteroatoms. The van der Waals surface area contributed by atoms with Crippen molar-refractivity contribution in [1.82, 2.24) is 10.2 Å². The van der Waals surface area contributed by atoms with Gasteiger partial charge in [-0.15, -0.1) is 0 Å². The van der Waals surface area contributed by atoms with E-state index in [9.17, 15) is 4.79 Å². The summed E-state index contributed by atoms with van der Waals surface area (Å²) in [4.78, 5) is 14.3. The molecule has 17 heavy (non-hydrogen) atoms. The Kier molecular flexibility index (Phi) is 4.69. The van der Waals surface area contributed by atoms with Crippen LogP contribution in [0, 0.1) is 0 Å². The van der Waals surface area contributed by atoms with E-state index in [0.29, 0.717) is 12.1 Å². The highest BCUT2D eigenvalue weighted by Crippen LogP contribution is 2.23. The van der Waals surface area contributed by atoms with Gasteiger partial charge in [0.25, 0.3) is 0 Å². The standard InChI is InChI=1S/C14H26N2O/c1-2-16(13-10-4-3-5-11-13)14(17)15-12-8-6-7-9-12/h12-13H,2-11H2,1H3,(H,15,17). The average molecular weight is 238 g/mol. The van der Waals surface area contributed by atoms with Gasteiger partial charge in [-0.05, 0) is 32.6 Å². The molecule has 0 heterocycles. The van der Waals surface area contributed by atoms with Crippen molar-refractivity contribution in [1.29, 1.82) is 0 Å². The Bertz CT molecular complexity index is 243. The summed E-state index contributed by atoms with van der Waals surface area (Å²) in [5, 5.41) is 3.21. The fourth-order valence-electron chi connectivity index (χ4n) is 3.29. The number of rotatable bonds is 3. The first-order valence-electron chi connectivity index (χ1n) is 7.38. The topological polar surface area (TPSA) is 32.3 Å². The molecule has 0 spiro atoms. The fraction of sp³-hybridized carbons (Fsp3) is 0.929. The molecular formula is C14H26N2O. The maximum atomic E-state index is 12.2. The molecule has 2 rings (SSSR count). The first-order chi connectivity index (χ1) is 8.31. The maximum Gasteiger partial charge on any atom is 0.317 e. The molecule has 2 aliphatic rings. The number of nitrogens with one attached hydrogen (secondary N) is 1. The zero-order valence-corrected chi connectivity index (χ0v) is 11.1. The molecule has 0 radical (unpaired) electrons. The Balaban J connectivity index is 1.84. The molecule has 2 aliphatic carbocycles. The van der Waals surface area contributed by atoms with Gasteiger partial charge in [0.05, 0.1) is 0 Å². The van der Waals surface area contributed by atoms with E-state index in [2.05, 4.69) is 17.1 Å². The van der Waals surface area contributed by atoms with Crippen molar-refractivity contribution in [3.05, 3.63) is 0 Å². The zero-order valence-electron chi connectivity index (χ0n) is 11.1. The molecule has 0 aliphatic heterocycles. The minimum atomic E-state index is 0.186. The second kappa shape index (κ2) is 6.27. The maximum absolute atomic E-state index is 12.2. The summed E-state index contributed by atoms with van der Waals surface area (Å²) < 4.78 is 0. The summed E-state index contributed by atoms with van der Waals surface area (Å²) in [5.74, 6) is 0. The Morgan fingerprint density at radius 3 is 2.24 bits per heavy atom. The lowest BCUT2D eigenvalue weighted by Crippen LogP contribution is -2.49. The fourth-order valence-corrected chi connectivity index (χ4v) is 3.29. The third-order valence-corrected chi connectivity index (χ3v) is 4.30. The van der Waals surface area contributed by atoms with Gasteiger partial charge in [0.1, 0.15) is 0 Å². The normalized spacial score (nSPS) is 22.6. The highest BCUT2D eigenvalue weighted by atomic mass is 16.2. The molecule has 0 atom stereocenters. The smallest absolute Gasteiger partial charge is 0.317 e. The van der Waals surface area contributed by atoms with Gasteiger partial charge < -0.3 is 10.2 Å². The molecule has 0 bridgehead atoms. The van der Waals surface area contributed by atoms with Gasteiger partial charge in [-0.1, -0.05) is 32.1 Å². The summed E-state index contributed by atoms with van der Waals surface area (Å²) in [5.41, 5.74) is 0. The second-order valence-electron chi connectivity index (χ2n) is 5.51. The van der Waals surface area contributed by atoms with E-state index < -0.39 is 0 Å². The van der Waals surface area contributed by atoms with Gasteiger partial charge in [0.15, 0.2) is 0 Å². The number of carbonyl (C=O) groups is 1. The van der Waals surface area contributed by atoms with Crippen LogP contribution < -0.4 is 5.32 Å². The average Bonchev–Trinajstić information content (AvgIpc) is 2.84. The van der Waals surface area contributed by atoms with E-state index in [1.54, 1.807) is 0 Å². The van der Waals surface area contributed by atoms with Crippen LogP contribution in [-0.4, -0.2) is 29.6 Å². The molecule has 0 aromatic heterocycles. The van der Waals surface area contributed by atoms with Gasteiger partial charge in [-0.25, -0.2) is 4.79 Å². The lowest BCUT2D eigenvalue weighted by atomic mass is 9.94. The van der Waals surface area contributed by atoms with E-state index in [0.717, 1.165) is 6.54 Å². The van der Waals surface area contributed by atoms with Crippen LogP contribution in [0.2, 0.25) is 0 Å². The largest absolute Gasteiger partial charge is 0.335 e. The minimum Gasteiger partial charge on any atom is -0.335 e. The third kappa shape index (κ3) is 3.36. The van der Waals surface area contributed by atoms with Crippen molar-refractivity contribution < 1.29 is 4.79 Å². The van der Waals surface area contributed by atoms with Crippen molar-refractivity contribution in [2.75, 3.05) is 6.54 Å². The van der Waals surface area contributed by atoms with Crippen LogP contribution in [0.1, 0.15) is 64.7 Å². The Labute approximate surface area is 105 Å². The molecule has 98 valence electrons. The molecule has 2 amide bonds. The molecule has 1 N–H and O–H groups in total. The van der Waals surface area contributed by atoms with Gasteiger partial charge in [0, 0.05) is 18.6 Å². The molecule has 0 aromatic rings. The Morgan fingerprint density at radius 2 is 1.65 bits per heavy atom. The molecule has 2 saturated carbocycles. The summed E-state index contributed by atoms with van der Waals surface area (Å²) in [7, 11) is 0. The van der Waals surface area contributed by atoms with E-state index in [4.69, 9.17) is 0 Å². The van der Waals surface area contributed by atoms with Gasteiger partial charge >= 0.3 is 6.03 Å². The summed E-state index contributed by atoms with van der Waals surface area (Å²) in [6.07, 6.45) is 11.2. The predicted octanol–water partition coefficient (Wildman–Crippen LogP) is 3.29. The number of hydrogen-bond donors (Lipinski definition) is 1. The molecule has 0 unspecified atom stereocenters. The molecule has 0 aromatic carbocycles. The lowest BCUT2D eigenvalue weighted by Gasteiger charge is -2.34. The Hall–Kier alpha value is -0.730. The van der Waals surface area contributed by atoms with Crippen LogP contribution in [0.4, 0.5) is 4.79 Å². The van der Waals surface area contributed by atoms with Crippen LogP contribution in [0.3, 0.4) is 0 Å². The highest BCUT2D eigenvalue weighted by Gasteiger charge is 2.26. The van der Waals surface area contributed by atoms with E-state index in [1.807, 2.05) is 0 Å². The van der Waals surface area contributed by atoms with Crippen LogP contribution in [-0.2, 0) is 0 Å². The number of carbonyl (C=O) groups excluding carboxylic acids is 1. The summed E-state index contributed by atoms with van der Waals surface area (Å²) >= 11 is 0. The molecule has 3 nitrogen and oxygen atoms in total. The molecular weight excluding hydrogens is 212 g/mol. The van der Waals surface area contributed by atoms with Gasteiger partial charge in [-0.3, -0.25) is 0 Å². The SMILES string of the molecule is CCN(C(=O)NC1CCCC1)C1CCCCC1. The number of amides is 2. The monoisotopic (exact) mass is 238 g/mol. The van der Waals surface area contributed by atoms with Crippen molar-refractivity contribution in [3.63, 3.8) is 0 Å². The quantitative estimate of drug-likeness (QED) is 0.804. The highest BCUT2D eigenvalue weighted by molar-refractivity contribution is 5.74. The molecule has 0 saturated heterocycles. The third-order valence-electron chi connectivity index (χ3n) is 4.30. The van der Waals surface area contributed by atoms with Crippen LogP contribution in [0.5, 0.6) is 0 Å². The van der Waals surface area contributed by atoms with E-state index in [1.165, 1.54) is 57.8 Å². The van der Waals surface area contributed by atoms with Crippen molar-refractivity contribution in [2.24, 2.45) is 0 Å². The Morgan fingerprint density at radius 1 is 1.06 bits per heavy atom. The van der Waals surface area contributed by atoms with Crippen LogP contribution >= 0.6 is 0 Å². The predicted molar refractivity (Wildman–Crippen MR) is 70.0 cm³/mol. The number of nitrogens with zero attached hydrogens (tertiary/aromatic N) is 1. The zero-order chi connectivity index (χ0) is 12.1. The summed E-state index contributed by atoms with van der Waals surface area (Å²) in [6.45, 7) is 2.95. The summed E-state index contributed by atoms with van der Waals surface area (Å²) in [6, 6.07) is 1.13. The number of urea groups is 1. The first kappa shape index (κ1) is 12.7. The first-order valence-corrected chi connectivity index (χ1v) is 7.38. The van der Waals surface area contributed by atoms with Crippen molar-refractivity contribution >= 4 is 6.03 Å². The second-order valence-corrected chi connectivity index (χ2v) is 5.51.